The molecule has 2 aliphatic heterocycles. The molecule has 2 aromatic rings. The van der Waals surface area contributed by atoms with Crippen LogP contribution < -0.4 is 10.2 Å². The first kappa shape index (κ1) is 24.4. The summed E-state index contributed by atoms with van der Waals surface area (Å²) in [4.78, 5) is 8.75. The summed E-state index contributed by atoms with van der Waals surface area (Å²) in [5.41, 5.74) is 3.74. The fraction of sp³-hybridized carbons (Fsp3) is 0.480. The normalized spacial score (nSPS) is 17.3. The molecular formula is C25H34ClN3S2. The molecule has 6 heteroatoms. The molecule has 1 unspecified atom stereocenters. The molecule has 0 aliphatic carbocycles. The van der Waals surface area contributed by atoms with E-state index < -0.39 is 0 Å². The SMILES string of the molecule is CCC(N1CCCC1)N1c2ccccc2Sc2ccc(C(=S)NC[C@@H](C)CC)cc21.Cl. The van der Waals surface area contributed by atoms with Gasteiger partial charge in [-0.15, -0.1) is 12.4 Å². The molecule has 0 radical (unpaired) electrons. The smallest absolute Gasteiger partial charge is 0.106 e. The zero-order chi connectivity index (χ0) is 21.1. The Morgan fingerprint density at radius 3 is 2.45 bits per heavy atom. The van der Waals surface area contributed by atoms with Crippen LogP contribution in [0.4, 0.5) is 11.4 Å². The lowest BCUT2D eigenvalue weighted by Crippen LogP contribution is -2.45. The Morgan fingerprint density at radius 1 is 1.03 bits per heavy atom. The maximum absolute atomic E-state index is 5.76. The molecule has 168 valence electrons. The van der Waals surface area contributed by atoms with Crippen LogP contribution in [0.2, 0.25) is 0 Å². The van der Waals surface area contributed by atoms with Gasteiger partial charge in [0.1, 0.15) is 4.99 Å². The van der Waals surface area contributed by atoms with Crippen LogP contribution in [0.15, 0.2) is 52.3 Å². The van der Waals surface area contributed by atoms with Crippen LogP contribution in [0.5, 0.6) is 0 Å². The summed E-state index contributed by atoms with van der Waals surface area (Å²) in [7, 11) is 0. The molecule has 2 aliphatic rings. The quantitative estimate of drug-likeness (QED) is 0.440. The van der Waals surface area contributed by atoms with Gasteiger partial charge in [-0.25, -0.2) is 0 Å². The Morgan fingerprint density at radius 2 is 1.74 bits per heavy atom. The second kappa shape index (κ2) is 11.0. The number of hydrogen-bond acceptors (Lipinski definition) is 4. The van der Waals surface area contributed by atoms with Crippen molar-refractivity contribution in [2.24, 2.45) is 5.92 Å². The molecule has 2 heterocycles. The Bertz CT molecular complexity index is 898. The third-order valence-corrected chi connectivity index (χ3v) is 7.87. The Balaban J connectivity index is 0.00000272. The molecule has 0 amide bonds. The van der Waals surface area contributed by atoms with E-state index in [0.717, 1.165) is 29.9 Å². The number of fused-ring (bicyclic) bond motifs is 2. The maximum atomic E-state index is 5.76. The number of rotatable bonds is 7. The lowest BCUT2D eigenvalue weighted by atomic mass is 10.1. The number of hydrogen-bond donors (Lipinski definition) is 1. The molecular weight excluding hydrogens is 442 g/mol. The second-order valence-electron chi connectivity index (χ2n) is 8.48. The monoisotopic (exact) mass is 475 g/mol. The first-order chi connectivity index (χ1) is 14.6. The number of para-hydroxylation sites is 1. The lowest BCUT2D eigenvalue weighted by molar-refractivity contribution is 0.239. The molecule has 1 saturated heterocycles. The van der Waals surface area contributed by atoms with Crippen LogP contribution in [0.25, 0.3) is 0 Å². The van der Waals surface area contributed by atoms with Gasteiger partial charge in [-0.05, 0) is 49.4 Å². The predicted octanol–water partition coefficient (Wildman–Crippen LogP) is 6.85. The topological polar surface area (TPSA) is 18.5 Å². The zero-order valence-corrected chi connectivity index (χ0v) is 21.2. The van der Waals surface area contributed by atoms with Crippen LogP contribution in [0.1, 0.15) is 52.0 Å². The summed E-state index contributed by atoms with van der Waals surface area (Å²) in [6, 6.07) is 15.6. The fourth-order valence-electron chi connectivity index (χ4n) is 4.40. The van der Waals surface area contributed by atoms with Crippen molar-refractivity contribution in [2.75, 3.05) is 24.5 Å². The van der Waals surface area contributed by atoms with Gasteiger partial charge < -0.3 is 10.2 Å². The van der Waals surface area contributed by atoms with E-state index in [9.17, 15) is 0 Å². The minimum atomic E-state index is 0. The first-order valence-corrected chi connectivity index (χ1v) is 12.6. The van der Waals surface area contributed by atoms with Gasteiger partial charge in [-0.1, -0.05) is 69.4 Å². The molecule has 1 N–H and O–H groups in total. The van der Waals surface area contributed by atoms with E-state index in [1.54, 1.807) is 0 Å². The number of halogens is 1. The lowest BCUT2D eigenvalue weighted by Gasteiger charge is -2.42. The molecule has 4 rings (SSSR count). The van der Waals surface area contributed by atoms with Crippen molar-refractivity contribution < 1.29 is 0 Å². The van der Waals surface area contributed by atoms with Crippen molar-refractivity contribution in [3.63, 3.8) is 0 Å². The largest absolute Gasteiger partial charge is 0.376 e. The number of benzene rings is 2. The average molecular weight is 476 g/mol. The second-order valence-corrected chi connectivity index (χ2v) is 9.97. The molecule has 0 saturated carbocycles. The van der Waals surface area contributed by atoms with Crippen LogP contribution in [-0.4, -0.2) is 35.7 Å². The molecule has 0 aromatic heterocycles. The minimum Gasteiger partial charge on any atom is -0.376 e. The Hall–Kier alpha value is -1.27. The summed E-state index contributed by atoms with van der Waals surface area (Å²) in [6.07, 6.45) is 5.24. The molecule has 2 aromatic carbocycles. The van der Waals surface area contributed by atoms with Gasteiger partial charge in [-0.2, -0.15) is 0 Å². The molecule has 31 heavy (non-hydrogen) atoms. The summed E-state index contributed by atoms with van der Waals surface area (Å²) in [6.45, 7) is 10.1. The van der Waals surface area contributed by atoms with Gasteiger partial charge >= 0.3 is 0 Å². The van der Waals surface area contributed by atoms with Crippen LogP contribution in [-0.2, 0) is 0 Å². The number of nitrogens with one attached hydrogen (secondary N) is 1. The van der Waals surface area contributed by atoms with E-state index >= 15 is 0 Å². The average Bonchev–Trinajstić information content (AvgIpc) is 3.31. The van der Waals surface area contributed by atoms with Gasteiger partial charge in [0.05, 0.1) is 17.5 Å². The van der Waals surface area contributed by atoms with Crippen molar-refractivity contribution in [1.29, 1.82) is 0 Å². The molecule has 0 bridgehead atoms. The summed E-state index contributed by atoms with van der Waals surface area (Å²) >= 11 is 7.64. The van der Waals surface area contributed by atoms with E-state index in [1.165, 1.54) is 47.1 Å². The maximum Gasteiger partial charge on any atom is 0.106 e. The van der Waals surface area contributed by atoms with E-state index in [2.05, 4.69) is 78.4 Å². The van der Waals surface area contributed by atoms with Gasteiger partial charge in [0.15, 0.2) is 0 Å². The standard InChI is InChI=1S/C25H33N3S2.ClH/c1-4-18(3)17-26-25(29)19-12-13-23-21(16-19)28(20-10-6-7-11-22(20)30-23)24(5-2)27-14-8-9-15-27;/h6-7,10-13,16,18,24H,4-5,8-9,14-15,17H2,1-3H3,(H,26,29);1H/t18-,24?;/m0./s1. The van der Waals surface area contributed by atoms with E-state index in [1.807, 2.05) is 11.8 Å². The van der Waals surface area contributed by atoms with Crippen molar-refractivity contribution in [3.05, 3.63) is 48.0 Å². The first-order valence-electron chi connectivity index (χ1n) is 11.3. The Kier molecular flexibility index (Phi) is 8.68. The molecule has 0 spiro atoms. The van der Waals surface area contributed by atoms with Crippen molar-refractivity contribution in [2.45, 2.75) is 62.4 Å². The highest BCUT2D eigenvalue weighted by molar-refractivity contribution is 7.99. The third kappa shape index (κ3) is 5.22. The van der Waals surface area contributed by atoms with Crippen molar-refractivity contribution >= 4 is 52.8 Å². The van der Waals surface area contributed by atoms with Crippen molar-refractivity contribution in [3.8, 4) is 0 Å². The molecule has 3 nitrogen and oxygen atoms in total. The van der Waals surface area contributed by atoms with E-state index in [0.29, 0.717) is 12.1 Å². The van der Waals surface area contributed by atoms with Gasteiger partial charge in [-0.3, -0.25) is 4.90 Å². The van der Waals surface area contributed by atoms with Gasteiger partial charge in [0, 0.05) is 35.0 Å². The van der Waals surface area contributed by atoms with Crippen LogP contribution in [0, 0.1) is 5.92 Å². The summed E-state index contributed by atoms with van der Waals surface area (Å²) in [5, 5.41) is 3.48. The highest BCUT2D eigenvalue weighted by Crippen LogP contribution is 2.50. The number of likely N-dealkylation sites (tertiary alicyclic amines) is 1. The Labute approximate surface area is 203 Å². The minimum absolute atomic E-state index is 0. The van der Waals surface area contributed by atoms with E-state index in [4.69, 9.17) is 12.2 Å². The van der Waals surface area contributed by atoms with E-state index in [-0.39, 0.29) is 12.4 Å². The number of anilines is 2. The van der Waals surface area contributed by atoms with Gasteiger partial charge in [0.25, 0.3) is 0 Å². The van der Waals surface area contributed by atoms with Crippen LogP contribution >= 0.6 is 36.4 Å². The number of thiocarbonyl (C=S) groups is 1. The fourth-order valence-corrected chi connectivity index (χ4v) is 5.66. The predicted molar refractivity (Wildman–Crippen MR) is 140 cm³/mol. The third-order valence-electron chi connectivity index (χ3n) is 6.36. The molecule has 2 atom stereocenters. The number of nitrogens with zero attached hydrogens (tertiary/aromatic N) is 2. The zero-order valence-electron chi connectivity index (χ0n) is 18.8. The van der Waals surface area contributed by atoms with Crippen molar-refractivity contribution in [1.82, 2.24) is 10.2 Å². The summed E-state index contributed by atoms with van der Waals surface area (Å²) in [5.74, 6) is 0.624. The summed E-state index contributed by atoms with van der Waals surface area (Å²) < 4.78 is 0. The molecule has 1 fully saturated rings. The van der Waals surface area contributed by atoms with Gasteiger partial charge in [0.2, 0.25) is 0 Å². The highest BCUT2D eigenvalue weighted by Gasteiger charge is 2.33. The highest BCUT2D eigenvalue weighted by atomic mass is 35.5. The van der Waals surface area contributed by atoms with Crippen LogP contribution in [0.3, 0.4) is 0 Å².